The van der Waals surface area contributed by atoms with Crippen LogP contribution >= 0.6 is 31.9 Å². The van der Waals surface area contributed by atoms with Gasteiger partial charge in [0, 0.05) is 8.95 Å². The Balaban J connectivity index is 0.000000116. The first-order valence-corrected chi connectivity index (χ1v) is 38.9. The first kappa shape index (κ1) is 66.6. The van der Waals surface area contributed by atoms with E-state index in [-0.39, 0.29) is 14.9 Å². The number of halogens is 2. The van der Waals surface area contributed by atoms with Gasteiger partial charge in [0.2, 0.25) is 0 Å². The fraction of sp³-hybridized carbons (Fsp3) is 0.0189. The van der Waals surface area contributed by atoms with Gasteiger partial charge < -0.3 is 10.0 Å². The summed E-state index contributed by atoms with van der Waals surface area (Å²) in [6, 6.07) is 127. The molecule has 0 atom stereocenters. The standard InChI is InChI=1S/C52H28.C36H20Br2.C16H11BO2.2CH4/c1-3-11-29(12-4-1)46-43-28-40-39(37-24-23-32-22-21-31-16-9-17-34-26-41(40)50(37)48(32)45(31)34)27-42(43)47(30-13-5-2-6-14-30)52-44-25-33-15-7-8-18-35(33)36-19-10-20-38(49(36)44)51(46)52;37-30-19-27-28(20-31(30)38)33(22-12-5-2-6-13-22)36-29-18-23-14-7-8-15-24(23)25-16-9-17-26(34(25)29)35(36)32(27)21-10-3-1-4-11-21;18-17(19)14-9-7-12-5-4-10-2-1-3-11-6-8-13(14)16(12)15(10)11;;/h1-28H;1-20H;1-9,18-19H;2*1H4. The molecule has 0 heterocycles. The van der Waals surface area contributed by atoms with Crippen LogP contribution in [0.4, 0.5) is 0 Å². The van der Waals surface area contributed by atoms with E-state index in [4.69, 9.17) is 0 Å². The molecule has 0 saturated carbocycles. The van der Waals surface area contributed by atoms with E-state index >= 15 is 0 Å². The van der Waals surface area contributed by atoms with Crippen molar-refractivity contribution in [1.29, 1.82) is 0 Å². The summed E-state index contributed by atoms with van der Waals surface area (Å²) in [4.78, 5) is 0. The van der Waals surface area contributed by atoms with Gasteiger partial charge in [0.05, 0.1) is 0 Å². The van der Waals surface area contributed by atoms with Gasteiger partial charge >= 0.3 is 7.12 Å². The number of fused-ring (bicyclic) bond motifs is 15. The highest BCUT2D eigenvalue weighted by Crippen LogP contribution is 2.60. The van der Waals surface area contributed by atoms with E-state index in [9.17, 15) is 10.0 Å². The van der Waals surface area contributed by atoms with Gasteiger partial charge in [0.15, 0.2) is 0 Å². The molecule has 25 rings (SSSR count). The number of hydrogen-bond acceptors (Lipinski definition) is 2. The van der Waals surface area contributed by atoms with Crippen molar-refractivity contribution in [2.45, 2.75) is 14.9 Å². The summed E-state index contributed by atoms with van der Waals surface area (Å²) in [5.74, 6) is 0. The van der Waals surface area contributed by atoms with Crippen molar-refractivity contribution in [3.05, 3.63) is 355 Å². The monoisotopic (exact) mass is 1540 g/mol. The number of rotatable bonds is 5. The maximum atomic E-state index is 9.51. The Morgan fingerprint density at radius 2 is 0.550 bits per heavy atom. The largest absolute Gasteiger partial charge is 0.489 e. The third-order valence-corrected chi connectivity index (χ3v) is 25.8. The zero-order valence-corrected chi connectivity index (χ0v) is 61.8. The lowest BCUT2D eigenvalue weighted by atomic mass is 9.75. The molecule has 0 aromatic heterocycles. The predicted molar refractivity (Wildman–Crippen MR) is 489 cm³/mol. The van der Waals surface area contributed by atoms with Gasteiger partial charge in [0.25, 0.3) is 0 Å². The molecule has 5 heteroatoms. The van der Waals surface area contributed by atoms with E-state index in [0.717, 1.165) is 25.1 Å². The number of hydrogen-bond donors (Lipinski definition) is 2. The summed E-state index contributed by atoms with van der Waals surface area (Å²) in [7, 11) is -1.44. The first-order valence-electron chi connectivity index (χ1n) is 37.3. The Morgan fingerprint density at radius 1 is 0.180 bits per heavy atom. The Bertz CT molecular complexity index is 7920. The Morgan fingerprint density at radius 3 is 1.12 bits per heavy atom. The maximum absolute atomic E-state index is 9.51. The number of benzene rings is 22. The van der Waals surface area contributed by atoms with Gasteiger partial charge in [0.1, 0.15) is 0 Å². The quantitative estimate of drug-likeness (QED) is 0.133. The summed E-state index contributed by atoms with van der Waals surface area (Å²) in [5, 5.41) is 60.2. The summed E-state index contributed by atoms with van der Waals surface area (Å²) in [5.41, 5.74) is 16.0. The fourth-order valence-electron chi connectivity index (χ4n) is 19.6. The molecule has 0 amide bonds. The van der Waals surface area contributed by atoms with E-state index in [1.54, 1.807) is 6.07 Å². The molecule has 0 aliphatic heterocycles. The van der Waals surface area contributed by atoms with E-state index in [1.807, 2.05) is 24.3 Å². The minimum atomic E-state index is -1.44. The fourth-order valence-corrected chi connectivity index (χ4v) is 20.2. The van der Waals surface area contributed by atoms with Crippen LogP contribution in [0.25, 0.3) is 239 Å². The van der Waals surface area contributed by atoms with Gasteiger partial charge in [-0.1, -0.05) is 318 Å². The highest BCUT2D eigenvalue weighted by Gasteiger charge is 2.33. The second kappa shape index (κ2) is 25.5. The average Bonchev–Trinajstić information content (AvgIpc) is 1.54. The van der Waals surface area contributed by atoms with E-state index < -0.39 is 7.12 Å². The van der Waals surface area contributed by atoms with Gasteiger partial charge in [-0.2, -0.15) is 0 Å². The van der Waals surface area contributed by atoms with Crippen LogP contribution < -0.4 is 5.46 Å². The summed E-state index contributed by atoms with van der Waals surface area (Å²) >= 11 is 7.65. The SMILES string of the molecule is Brc1cc2c(-c3ccccc3)c3c(c(-c4ccccc4)c2cc1Br)-c1cc2ccccc2c2cccc-3c12.C.C.OB(O)c1ccc2ccc3cccc4ccc1c2c34.c1ccc(-c2c3cc4c(cc3c(-c3ccccc3)c3c5cc6ccccc6c6cccc(c23)c65)c2ccc3ccc5cccc6cc4c2c3c56)cc1. The van der Waals surface area contributed by atoms with Gasteiger partial charge in [-0.05, 0) is 319 Å². The molecule has 0 radical (unpaired) electrons. The Labute approximate surface area is 658 Å². The lowest BCUT2D eigenvalue weighted by molar-refractivity contribution is 0.426. The molecule has 0 unspecified atom stereocenters. The van der Waals surface area contributed by atoms with E-state index in [0.29, 0.717) is 5.46 Å². The van der Waals surface area contributed by atoms with Crippen molar-refractivity contribution in [3.8, 4) is 66.8 Å². The molecule has 24 aromatic carbocycles. The Kier molecular flexibility index (Phi) is 15.3. The minimum Gasteiger partial charge on any atom is -0.423 e. The average molecular weight is 1540 g/mol. The molecule has 1 aliphatic rings. The molecule has 2 nitrogen and oxygen atoms in total. The lowest BCUT2D eigenvalue weighted by Gasteiger charge is -2.21. The highest BCUT2D eigenvalue weighted by molar-refractivity contribution is 9.13. The van der Waals surface area contributed by atoms with E-state index in [1.165, 1.54) is 223 Å². The first-order chi connectivity index (χ1) is 53.8. The van der Waals surface area contributed by atoms with Crippen molar-refractivity contribution in [3.63, 3.8) is 0 Å². The van der Waals surface area contributed by atoms with Crippen LogP contribution in [0.15, 0.2) is 355 Å². The molecule has 0 fully saturated rings. The van der Waals surface area contributed by atoms with Gasteiger partial charge in [-0.25, -0.2) is 0 Å². The molecular weight excluding hydrogens is 1480 g/mol. The lowest BCUT2D eigenvalue weighted by Crippen LogP contribution is -2.30. The summed E-state index contributed by atoms with van der Waals surface area (Å²) < 4.78 is 2.11. The van der Waals surface area contributed by atoms with E-state index in [2.05, 4.69) is 347 Å². The second-order valence-electron chi connectivity index (χ2n) is 29.5. The molecule has 1 aliphatic carbocycles. The van der Waals surface area contributed by atoms with Crippen molar-refractivity contribution >= 4 is 217 Å². The third kappa shape index (κ3) is 9.70. The molecule has 24 aromatic rings. The minimum absolute atomic E-state index is 0. The molecule has 0 bridgehead atoms. The van der Waals surface area contributed by atoms with Crippen LogP contribution in [-0.2, 0) is 0 Å². The maximum Gasteiger partial charge on any atom is 0.489 e. The summed E-state index contributed by atoms with van der Waals surface area (Å²) in [6.07, 6.45) is 0. The molecule has 520 valence electrons. The van der Waals surface area contributed by atoms with Crippen LogP contribution in [0.1, 0.15) is 14.9 Å². The van der Waals surface area contributed by atoms with Crippen molar-refractivity contribution in [1.82, 2.24) is 0 Å². The van der Waals surface area contributed by atoms with Crippen molar-refractivity contribution < 1.29 is 10.0 Å². The smallest absolute Gasteiger partial charge is 0.423 e. The molecule has 2 N–H and O–H groups in total. The molecule has 0 spiro atoms. The predicted octanol–water partition coefficient (Wildman–Crippen LogP) is 30.1. The van der Waals surface area contributed by atoms with Gasteiger partial charge in [-0.15, -0.1) is 0 Å². The van der Waals surface area contributed by atoms with Crippen LogP contribution in [0.2, 0.25) is 0 Å². The van der Waals surface area contributed by atoms with Crippen LogP contribution in [-0.4, -0.2) is 17.2 Å². The molecular formula is C106H67BBr2O2. The van der Waals surface area contributed by atoms with Crippen LogP contribution in [0.3, 0.4) is 0 Å². The topological polar surface area (TPSA) is 40.5 Å². The highest BCUT2D eigenvalue weighted by atomic mass is 79.9. The normalized spacial score (nSPS) is 12.0. The Hall–Kier alpha value is -12.6. The van der Waals surface area contributed by atoms with Crippen LogP contribution in [0, 0.1) is 0 Å². The second-order valence-corrected chi connectivity index (χ2v) is 31.2. The molecule has 111 heavy (non-hydrogen) atoms. The van der Waals surface area contributed by atoms with Crippen LogP contribution in [0.5, 0.6) is 0 Å². The molecule has 0 saturated heterocycles. The van der Waals surface area contributed by atoms with Crippen molar-refractivity contribution in [2.75, 3.05) is 0 Å². The zero-order chi connectivity index (χ0) is 72.0. The summed E-state index contributed by atoms with van der Waals surface area (Å²) in [6.45, 7) is 0. The van der Waals surface area contributed by atoms with Gasteiger partial charge in [-0.3, -0.25) is 0 Å². The zero-order valence-electron chi connectivity index (χ0n) is 58.6. The third-order valence-electron chi connectivity index (χ3n) is 23.9. The van der Waals surface area contributed by atoms with Crippen molar-refractivity contribution in [2.24, 2.45) is 0 Å².